The van der Waals surface area contributed by atoms with E-state index in [1.807, 2.05) is 41.2 Å². The molecule has 0 N–H and O–H groups in total. The number of rotatable bonds is 3. The maximum Gasteiger partial charge on any atom is 0.179 e. The van der Waals surface area contributed by atoms with Crippen LogP contribution in [-0.2, 0) is 15.9 Å². The standard InChI is InChI=1S/C24H26N2O2/c1-4-21-22(5-2)28-24(27-21)13-9-10-18-14-20-17(15-23(18,24)3)16-25-26(20)19-11-7-6-8-12-19/h4-8,11-12,14,16,21-22H,1-2,9-10,13,15H2,3H3/t21-,22-,23+/m1/s1. The van der Waals surface area contributed by atoms with Crippen molar-refractivity contribution in [3.05, 3.63) is 78.7 Å². The zero-order valence-electron chi connectivity index (χ0n) is 16.3. The van der Waals surface area contributed by atoms with Gasteiger partial charge in [0.25, 0.3) is 0 Å². The first-order valence-electron chi connectivity index (χ1n) is 10.0. The molecule has 0 radical (unpaired) electrons. The van der Waals surface area contributed by atoms with Gasteiger partial charge in [-0.1, -0.05) is 42.8 Å². The molecule has 2 aromatic rings. The van der Waals surface area contributed by atoms with Crippen molar-refractivity contribution in [1.29, 1.82) is 0 Å². The monoisotopic (exact) mass is 374 g/mol. The third-order valence-electron chi connectivity index (χ3n) is 6.68. The topological polar surface area (TPSA) is 36.3 Å². The first-order chi connectivity index (χ1) is 13.6. The molecule has 1 saturated carbocycles. The predicted molar refractivity (Wildman–Crippen MR) is 110 cm³/mol. The molecule has 4 nitrogen and oxygen atoms in total. The van der Waals surface area contributed by atoms with Crippen LogP contribution in [0.3, 0.4) is 0 Å². The van der Waals surface area contributed by atoms with E-state index in [1.54, 1.807) is 0 Å². The summed E-state index contributed by atoms with van der Waals surface area (Å²) in [7, 11) is 0. The lowest BCUT2D eigenvalue weighted by Crippen LogP contribution is -2.53. The highest BCUT2D eigenvalue weighted by Gasteiger charge is 2.61. The van der Waals surface area contributed by atoms with Gasteiger partial charge in [0.05, 0.1) is 17.6 Å². The van der Waals surface area contributed by atoms with Gasteiger partial charge in [-0.25, -0.2) is 4.68 Å². The maximum absolute atomic E-state index is 6.54. The fourth-order valence-electron chi connectivity index (χ4n) is 5.13. The van der Waals surface area contributed by atoms with Crippen molar-refractivity contribution in [1.82, 2.24) is 9.78 Å². The van der Waals surface area contributed by atoms with E-state index in [2.05, 4.69) is 38.3 Å². The first-order valence-corrected chi connectivity index (χ1v) is 10.0. The van der Waals surface area contributed by atoms with Gasteiger partial charge >= 0.3 is 0 Å². The Morgan fingerprint density at radius 1 is 1.14 bits per heavy atom. The SMILES string of the molecule is C=C[C@H]1OC2(CCCC3=Cc4c(cnn4-c4ccccc4)C[C@@]32C)O[C@@H]1C=C. The number of hydrogen-bond donors (Lipinski definition) is 0. The van der Waals surface area contributed by atoms with Gasteiger partial charge in [-0.05, 0) is 43.0 Å². The number of hydrogen-bond acceptors (Lipinski definition) is 3. The van der Waals surface area contributed by atoms with Crippen LogP contribution < -0.4 is 0 Å². The molecule has 1 saturated heterocycles. The van der Waals surface area contributed by atoms with Crippen molar-refractivity contribution < 1.29 is 9.47 Å². The van der Waals surface area contributed by atoms with E-state index in [-0.39, 0.29) is 17.6 Å². The van der Waals surface area contributed by atoms with E-state index in [9.17, 15) is 0 Å². The van der Waals surface area contributed by atoms with Crippen LogP contribution in [0.15, 0.2) is 67.4 Å². The zero-order chi connectivity index (χ0) is 19.4. The smallest absolute Gasteiger partial charge is 0.179 e. The van der Waals surface area contributed by atoms with Gasteiger partial charge in [-0.15, -0.1) is 13.2 Å². The Bertz CT molecular complexity index is 942. The van der Waals surface area contributed by atoms with Crippen molar-refractivity contribution in [3.63, 3.8) is 0 Å². The van der Waals surface area contributed by atoms with Crippen LogP contribution in [0.2, 0.25) is 0 Å². The molecule has 1 aromatic heterocycles. The van der Waals surface area contributed by atoms with Crippen molar-refractivity contribution in [3.8, 4) is 5.69 Å². The van der Waals surface area contributed by atoms with Crippen LogP contribution in [0.4, 0.5) is 0 Å². The van der Waals surface area contributed by atoms with E-state index in [0.29, 0.717) is 0 Å². The van der Waals surface area contributed by atoms with Gasteiger partial charge < -0.3 is 9.47 Å². The molecule has 4 heteroatoms. The molecule has 3 aliphatic rings. The number of nitrogens with zero attached hydrogens (tertiary/aromatic N) is 2. The largest absolute Gasteiger partial charge is 0.339 e. The van der Waals surface area contributed by atoms with E-state index >= 15 is 0 Å². The molecular formula is C24H26N2O2. The van der Waals surface area contributed by atoms with Crippen LogP contribution in [0, 0.1) is 5.41 Å². The minimum Gasteiger partial charge on any atom is -0.339 e. The summed E-state index contributed by atoms with van der Waals surface area (Å²) < 4.78 is 15.1. The third-order valence-corrected chi connectivity index (χ3v) is 6.68. The summed E-state index contributed by atoms with van der Waals surface area (Å²) in [4.78, 5) is 0. The molecule has 0 bridgehead atoms. The normalized spacial score (nSPS) is 30.4. The summed E-state index contributed by atoms with van der Waals surface area (Å²) in [6, 6.07) is 10.3. The number of aromatic nitrogens is 2. The van der Waals surface area contributed by atoms with E-state index in [1.165, 1.54) is 16.8 Å². The highest BCUT2D eigenvalue weighted by Crippen LogP contribution is 2.58. The lowest BCUT2D eigenvalue weighted by molar-refractivity contribution is -0.243. The Morgan fingerprint density at radius 2 is 1.86 bits per heavy atom. The molecule has 1 aromatic carbocycles. The van der Waals surface area contributed by atoms with Crippen LogP contribution in [0.1, 0.15) is 37.4 Å². The van der Waals surface area contributed by atoms with E-state index in [0.717, 1.165) is 31.4 Å². The molecule has 28 heavy (non-hydrogen) atoms. The number of ether oxygens (including phenoxy) is 2. The second-order valence-electron chi connectivity index (χ2n) is 8.22. The number of para-hydroxylation sites is 1. The summed E-state index contributed by atoms with van der Waals surface area (Å²) >= 11 is 0. The molecule has 5 rings (SSSR count). The predicted octanol–water partition coefficient (Wildman–Crippen LogP) is 4.85. The number of benzene rings is 1. The summed E-state index contributed by atoms with van der Waals surface area (Å²) in [6.07, 6.45) is 11.5. The molecule has 0 amide bonds. The van der Waals surface area contributed by atoms with Crippen LogP contribution in [-0.4, -0.2) is 27.8 Å². The molecule has 1 aliphatic heterocycles. The molecule has 2 aliphatic carbocycles. The van der Waals surface area contributed by atoms with Gasteiger partial charge in [0.2, 0.25) is 0 Å². The van der Waals surface area contributed by atoms with Crippen molar-refractivity contribution in [2.75, 3.05) is 0 Å². The molecule has 3 atom stereocenters. The average molecular weight is 374 g/mol. The van der Waals surface area contributed by atoms with E-state index in [4.69, 9.17) is 14.6 Å². The Hall–Kier alpha value is -2.43. The van der Waals surface area contributed by atoms with Gasteiger partial charge in [-0.2, -0.15) is 5.10 Å². The maximum atomic E-state index is 6.54. The van der Waals surface area contributed by atoms with Gasteiger partial charge in [0.15, 0.2) is 5.79 Å². The third kappa shape index (κ3) is 2.34. The fourth-order valence-corrected chi connectivity index (χ4v) is 5.13. The molecule has 2 fully saturated rings. The fraction of sp³-hybridized carbons (Fsp3) is 0.375. The molecule has 1 spiro atoms. The molecule has 0 unspecified atom stereocenters. The average Bonchev–Trinajstić information content (AvgIpc) is 3.29. The summed E-state index contributed by atoms with van der Waals surface area (Å²) in [6.45, 7) is 10.2. The van der Waals surface area contributed by atoms with Gasteiger partial charge in [-0.3, -0.25) is 0 Å². The quantitative estimate of drug-likeness (QED) is 0.720. The minimum atomic E-state index is -0.638. The lowest BCUT2D eigenvalue weighted by atomic mass is 9.62. The van der Waals surface area contributed by atoms with Crippen molar-refractivity contribution in [2.45, 2.75) is 50.6 Å². The minimum absolute atomic E-state index is 0.151. The number of fused-ring (bicyclic) bond motifs is 3. The van der Waals surface area contributed by atoms with E-state index < -0.39 is 5.79 Å². The van der Waals surface area contributed by atoms with Gasteiger partial charge in [0.1, 0.15) is 12.2 Å². The summed E-state index contributed by atoms with van der Waals surface area (Å²) in [5.41, 5.74) is 4.66. The Balaban J connectivity index is 1.58. The molecule has 144 valence electrons. The first kappa shape index (κ1) is 17.7. The van der Waals surface area contributed by atoms with Crippen molar-refractivity contribution in [2.24, 2.45) is 5.41 Å². The second-order valence-corrected chi connectivity index (χ2v) is 8.22. The Morgan fingerprint density at radius 3 is 2.54 bits per heavy atom. The Labute approximate surface area is 166 Å². The summed E-state index contributed by atoms with van der Waals surface area (Å²) in [5, 5.41) is 4.69. The lowest BCUT2D eigenvalue weighted by Gasteiger charge is -2.51. The summed E-state index contributed by atoms with van der Waals surface area (Å²) in [5.74, 6) is -0.638. The van der Waals surface area contributed by atoms with Crippen LogP contribution >= 0.6 is 0 Å². The second kappa shape index (κ2) is 6.29. The zero-order valence-corrected chi connectivity index (χ0v) is 16.3. The Kier molecular flexibility index (Phi) is 3.97. The van der Waals surface area contributed by atoms with Crippen LogP contribution in [0.25, 0.3) is 11.8 Å². The van der Waals surface area contributed by atoms with Crippen molar-refractivity contribution >= 4 is 6.08 Å². The highest BCUT2D eigenvalue weighted by molar-refractivity contribution is 5.62. The highest BCUT2D eigenvalue weighted by atomic mass is 16.8. The van der Waals surface area contributed by atoms with Gasteiger partial charge in [0, 0.05) is 11.8 Å². The van der Waals surface area contributed by atoms with Crippen LogP contribution in [0.5, 0.6) is 0 Å². The molecule has 2 heterocycles. The molecular weight excluding hydrogens is 348 g/mol.